The zero-order chi connectivity index (χ0) is 25.0. The van der Waals surface area contributed by atoms with Crippen LogP contribution in [0.5, 0.6) is 0 Å². The van der Waals surface area contributed by atoms with E-state index in [4.69, 9.17) is 14.1 Å². The second-order valence-electron chi connectivity index (χ2n) is 8.95. The van der Waals surface area contributed by atoms with Crippen LogP contribution in [-0.4, -0.2) is 47.0 Å². The van der Waals surface area contributed by atoms with Crippen molar-refractivity contribution in [1.82, 2.24) is 20.1 Å². The number of rotatable bonds is 7. The molecule has 1 N–H and O–H groups in total. The minimum atomic E-state index is -0.168. The lowest BCUT2D eigenvalue weighted by Gasteiger charge is -2.30. The van der Waals surface area contributed by atoms with Crippen molar-refractivity contribution in [3.8, 4) is 11.3 Å². The predicted octanol–water partition coefficient (Wildman–Crippen LogP) is 4.51. The van der Waals surface area contributed by atoms with E-state index in [2.05, 4.69) is 27.4 Å². The molecule has 1 aliphatic rings. The molecule has 3 aromatic heterocycles. The molecule has 6 rings (SSSR count). The van der Waals surface area contributed by atoms with E-state index in [0.29, 0.717) is 48.6 Å². The third kappa shape index (κ3) is 4.83. The van der Waals surface area contributed by atoms with Crippen LogP contribution in [0.1, 0.15) is 21.7 Å². The highest BCUT2D eigenvalue weighted by atomic mass is 16.5. The molecular formula is C29H27N5O3. The average molecular weight is 494 g/mol. The summed E-state index contributed by atoms with van der Waals surface area (Å²) < 4.78 is 12.8. The summed E-state index contributed by atoms with van der Waals surface area (Å²) in [7, 11) is 0. The van der Waals surface area contributed by atoms with E-state index in [-0.39, 0.29) is 5.91 Å². The third-order valence-corrected chi connectivity index (χ3v) is 6.59. The van der Waals surface area contributed by atoms with Gasteiger partial charge in [-0.05, 0) is 29.8 Å². The van der Waals surface area contributed by atoms with Crippen LogP contribution in [0, 0.1) is 0 Å². The van der Waals surface area contributed by atoms with Gasteiger partial charge in [-0.2, -0.15) is 5.10 Å². The Morgan fingerprint density at radius 1 is 0.973 bits per heavy atom. The number of nitrogens with zero attached hydrogens (tertiary/aromatic N) is 4. The van der Waals surface area contributed by atoms with Gasteiger partial charge in [0.05, 0.1) is 42.3 Å². The second-order valence-corrected chi connectivity index (χ2v) is 8.95. The normalized spacial score (nSPS) is 13.7. The molecule has 1 aliphatic heterocycles. The molecule has 0 atom stereocenters. The molecule has 37 heavy (non-hydrogen) atoms. The van der Waals surface area contributed by atoms with Crippen molar-refractivity contribution in [2.45, 2.75) is 13.1 Å². The standard InChI is InChI=1S/C29H27N5O3/c35-29(30-18-22-9-4-5-11-27(22)33-12-15-36-16-13-33)24-17-26(21-7-2-1-3-8-21)32-28-25(24)19-31-34(28)20-23-10-6-14-37-23/h1-11,14,17,19H,12-13,15-16,18,20H2,(H,30,35). The van der Waals surface area contributed by atoms with Crippen molar-refractivity contribution in [3.63, 3.8) is 0 Å². The lowest BCUT2D eigenvalue weighted by atomic mass is 10.1. The summed E-state index contributed by atoms with van der Waals surface area (Å²) in [4.78, 5) is 20.8. The van der Waals surface area contributed by atoms with Gasteiger partial charge in [-0.1, -0.05) is 48.5 Å². The van der Waals surface area contributed by atoms with Crippen molar-refractivity contribution in [2.75, 3.05) is 31.2 Å². The van der Waals surface area contributed by atoms with Crippen LogP contribution in [-0.2, 0) is 17.8 Å². The number of anilines is 1. The second kappa shape index (κ2) is 10.3. The highest BCUT2D eigenvalue weighted by Gasteiger charge is 2.19. The Balaban J connectivity index is 1.33. The molecule has 1 saturated heterocycles. The van der Waals surface area contributed by atoms with Crippen molar-refractivity contribution < 1.29 is 13.9 Å². The molecule has 5 aromatic rings. The van der Waals surface area contributed by atoms with Gasteiger partial charge in [0.15, 0.2) is 5.65 Å². The fourth-order valence-electron chi connectivity index (χ4n) is 4.70. The quantitative estimate of drug-likeness (QED) is 0.359. The zero-order valence-corrected chi connectivity index (χ0v) is 20.3. The summed E-state index contributed by atoms with van der Waals surface area (Å²) in [5.74, 6) is 0.599. The summed E-state index contributed by atoms with van der Waals surface area (Å²) in [6.07, 6.45) is 3.34. The lowest BCUT2D eigenvalue weighted by Crippen LogP contribution is -2.37. The van der Waals surface area contributed by atoms with Crippen LogP contribution in [0.4, 0.5) is 5.69 Å². The molecule has 0 spiro atoms. The summed E-state index contributed by atoms with van der Waals surface area (Å²) >= 11 is 0. The fourth-order valence-corrected chi connectivity index (χ4v) is 4.70. The van der Waals surface area contributed by atoms with Crippen LogP contribution in [0.3, 0.4) is 0 Å². The molecule has 8 heteroatoms. The van der Waals surface area contributed by atoms with Crippen LogP contribution in [0.15, 0.2) is 89.7 Å². The lowest BCUT2D eigenvalue weighted by molar-refractivity contribution is 0.0952. The summed E-state index contributed by atoms with van der Waals surface area (Å²) in [5, 5.41) is 8.38. The van der Waals surface area contributed by atoms with Crippen molar-refractivity contribution >= 4 is 22.6 Å². The first-order valence-corrected chi connectivity index (χ1v) is 12.4. The Morgan fingerprint density at radius 2 is 1.78 bits per heavy atom. The highest BCUT2D eigenvalue weighted by Crippen LogP contribution is 2.26. The van der Waals surface area contributed by atoms with Gasteiger partial charge in [0, 0.05) is 30.9 Å². The van der Waals surface area contributed by atoms with Gasteiger partial charge in [0.1, 0.15) is 12.3 Å². The maximum Gasteiger partial charge on any atom is 0.252 e. The minimum Gasteiger partial charge on any atom is -0.467 e. The maximum absolute atomic E-state index is 13.6. The average Bonchev–Trinajstić information content (AvgIpc) is 3.63. The number of carbonyl (C=O) groups is 1. The number of nitrogens with one attached hydrogen (secondary N) is 1. The number of ether oxygens (including phenoxy) is 1. The molecule has 8 nitrogen and oxygen atoms in total. The van der Waals surface area contributed by atoms with E-state index in [1.165, 1.54) is 0 Å². The number of morpholine rings is 1. The van der Waals surface area contributed by atoms with Crippen molar-refractivity contribution in [1.29, 1.82) is 0 Å². The minimum absolute atomic E-state index is 0.168. The fraction of sp³-hybridized carbons (Fsp3) is 0.207. The number of aromatic nitrogens is 3. The molecular weight excluding hydrogens is 466 g/mol. The van der Waals surface area contributed by atoms with Gasteiger partial charge >= 0.3 is 0 Å². The van der Waals surface area contributed by atoms with E-state index in [1.54, 1.807) is 17.1 Å². The van der Waals surface area contributed by atoms with Crippen LogP contribution in [0.25, 0.3) is 22.3 Å². The Morgan fingerprint density at radius 3 is 2.59 bits per heavy atom. The van der Waals surface area contributed by atoms with Crippen LogP contribution >= 0.6 is 0 Å². The first-order chi connectivity index (χ1) is 18.3. The Labute approximate surface area is 214 Å². The predicted molar refractivity (Wildman–Crippen MR) is 141 cm³/mol. The van der Waals surface area contributed by atoms with E-state index in [1.807, 2.05) is 60.7 Å². The Bertz CT molecular complexity index is 1510. The number of furan rings is 1. The monoisotopic (exact) mass is 493 g/mol. The maximum atomic E-state index is 13.6. The SMILES string of the molecule is O=C(NCc1ccccc1N1CCOCC1)c1cc(-c2ccccc2)nc2c1cnn2Cc1ccco1. The number of hydrogen-bond acceptors (Lipinski definition) is 6. The first kappa shape index (κ1) is 23.0. The van der Waals surface area contributed by atoms with Gasteiger partial charge in [-0.25, -0.2) is 9.67 Å². The number of carbonyl (C=O) groups excluding carboxylic acids is 1. The molecule has 186 valence electrons. The molecule has 0 aliphatic carbocycles. The molecule has 0 bridgehead atoms. The number of pyridine rings is 1. The highest BCUT2D eigenvalue weighted by molar-refractivity contribution is 6.06. The van der Waals surface area contributed by atoms with Crippen molar-refractivity contribution in [3.05, 3.63) is 102 Å². The number of hydrogen-bond donors (Lipinski definition) is 1. The number of amides is 1. The van der Waals surface area contributed by atoms with Crippen LogP contribution < -0.4 is 10.2 Å². The van der Waals surface area contributed by atoms with Gasteiger partial charge in [-0.3, -0.25) is 4.79 Å². The number of benzene rings is 2. The molecule has 1 amide bonds. The van der Waals surface area contributed by atoms with Gasteiger partial charge in [0.25, 0.3) is 5.91 Å². The smallest absolute Gasteiger partial charge is 0.252 e. The molecule has 0 saturated carbocycles. The molecule has 0 radical (unpaired) electrons. The molecule has 2 aromatic carbocycles. The van der Waals surface area contributed by atoms with Gasteiger partial charge in [0.2, 0.25) is 0 Å². The Hall–Kier alpha value is -4.43. The summed E-state index contributed by atoms with van der Waals surface area (Å²) in [6, 6.07) is 23.6. The first-order valence-electron chi connectivity index (χ1n) is 12.4. The third-order valence-electron chi connectivity index (χ3n) is 6.59. The van der Waals surface area contributed by atoms with Gasteiger partial charge in [-0.15, -0.1) is 0 Å². The van der Waals surface area contributed by atoms with E-state index >= 15 is 0 Å². The van der Waals surface area contributed by atoms with Gasteiger partial charge < -0.3 is 19.4 Å². The number of fused-ring (bicyclic) bond motifs is 1. The molecule has 0 unspecified atom stereocenters. The number of para-hydroxylation sites is 1. The van der Waals surface area contributed by atoms with E-state index < -0.39 is 0 Å². The zero-order valence-electron chi connectivity index (χ0n) is 20.3. The topological polar surface area (TPSA) is 85.4 Å². The molecule has 1 fully saturated rings. The summed E-state index contributed by atoms with van der Waals surface area (Å²) in [6.45, 7) is 3.93. The largest absolute Gasteiger partial charge is 0.467 e. The molecule has 4 heterocycles. The van der Waals surface area contributed by atoms with E-state index in [9.17, 15) is 4.79 Å². The van der Waals surface area contributed by atoms with Crippen molar-refractivity contribution in [2.24, 2.45) is 0 Å². The van der Waals surface area contributed by atoms with Crippen LogP contribution in [0.2, 0.25) is 0 Å². The Kier molecular flexibility index (Phi) is 6.39. The van der Waals surface area contributed by atoms with E-state index in [0.717, 1.165) is 35.7 Å². The summed E-state index contributed by atoms with van der Waals surface area (Å²) in [5.41, 5.74) is 5.02.